The lowest BCUT2D eigenvalue weighted by Gasteiger charge is -2.41. The summed E-state index contributed by atoms with van der Waals surface area (Å²) >= 11 is 0. The normalized spacial score (nSPS) is 15.8. The number of nitrogens with zero attached hydrogens (tertiary/aromatic N) is 4. The Labute approximate surface area is 137 Å². The molecule has 8 heteroatoms. The van der Waals surface area contributed by atoms with Gasteiger partial charge in [-0.1, -0.05) is 0 Å². The van der Waals surface area contributed by atoms with Crippen LogP contribution in [0.2, 0.25) is 0 Å². The van der Waals surface area contributed by atoms with Crippen molar-refractivity contribution in [1.82, 2.24) is 25.1 Å². The van der Waals surface area contributed by atoms with E-state index < -0.39 is 5.91 Å². The Balaban J connectivity index is 1.87. The number of nitriles is 1. The molecule has 0 bridgehead atoms. The number of hydrogen-bond donors (Lipinski definition) is 3. The van der Waals surface area contributed by atoms with Gasteiger partial charge in [-0.25, -0.2) is 4.98 Å². The number of rotatable bonds is 4. The number of primary amides is 1. The molecule has 1 aliphatic rings. The fraction of sp³-hybridized carbons (Fsp3) is 0.250. The average molecular weight is 321 g/mol. The van der Waals surface area contributed by atoms with Crippen molar-refractivity contribution in [1.29, 1.82) is 5.26 Å². The monoisotopic (exact) mass is 321 g/mol. The van der Waals surface area contributed by atoms with Gasteiger partial charge in [0.1, 0.15) is 11.2 Å². The van der Waals surface area contributed by atoms with Crippen molar-refractivity contribution in [3.05, 3.63) is 36.4 Å². The average Bonchev–Trinajstić information content (AvgIpc) is 3.18. The number of nitrogens with one attached hydrogen (secondary N) is 2. The van der Waals surface area contributed by atoms with Crippen LogP contribution in [0.5, 0.6) is 0 Å². The highest BCUT2D eigenvalue weighted by Gasteiger charge is 2.39. The molecule has 1 amide bonds. The van der Waals surface area contributed by atoms with Crippen molar-refractivity contribution >= 4 is 16.9 Å². The van der Waals surface area contributed by atoms with E-state index in [1.54, 1.807) is 12.4 Å². The van der Waals surface area contributed by atoms with Gasteiger partial charge in [-0.05, 0) is 6.07 Å². The highest BCUT2D eigenvalue weighted by Crippen LogP contribution is 2.33. The zero-order valence-corrected chi connectivity index (χ0v) is 12.8. The summed E-state index contributed by atoms with van der Waals surface area (Å²) in [7, 11) is 0. The van der Waals surface area contributed by atoms with Crippen molar-refractivity contribution in [2.24, 2.45) is 5.73 Å². The third kappa shape index (κ3) is 1.99. The Morgan fingerprint density at radius 2 is 2.29 bits per heavy atom. The number of amides is 1. The van der Waals surface area contributed by atoms with E-state index in [2.05, 4.69) is 26.5 Å². The minimum atomic E-state index is -0.537. The van der Waals surface area contributed by atoms with Crippen molar-refractivity contribution in [2.45, 2.75) is 12.0 Å². The molecule has 120 valence electrons. The molecule has 0 unspecified atom stereocenters. The number of carbonyl (C=O) groups is 1. The van der Waals surface area contributed by atoms with Gasteiger partial charge in [0.05, 0.1) is 24.3 Å². The second kappa shape index (κ2) is 5.18. The number of carbonyl (C=O) groups excluding carboxylic acids is 1. The van der Waals surface area contributed by atoms with E-state index in [1.165, 1.54) is 6.20 Å². The Morgan fingerprint density at radius 3 is 2.96 bits per heavy atom. The highest BCUT2D eigenvalue weighted by atomic mass is 16.1. The third-order valence-electron chi connectivity index (χ3n) is 4.53. The lowest BCUT2D eigenvalue weighted by atomic mass is 9.89. The zero-order valence-electron chi connectivity index (χ0n) is 12.8. The number of pyridine rings is 1. The number of fused-ring (bicyclic) bond motifs is 1. The molecule has 3 aromatic heterocycles. The van der Waals surface area contributed by atoms with Crippen LogP contribution in [0.3, 0.4) is 0 Å². The molecule has 1 aliphatic heterocycles. The largest absolute Gasteiger partial charge is 0.366 e. The van der Waals surface area contributed by atoms with Crippen LogP contribution in [0, 0.1) is 11.3 Å². The van der Waals surface area contributed by atoms with Gasteiger partial charge >= 0.3 is 0 Å². The second-order valence-electron chi connectivity index (χ2n) is 5.99. The predicted molar refractivity (Wildman–Crippen MR) is 86.9 cm³/mol. The van der Waals surface area contributed by atoms with Crippen LogP contribution < -0.4 is 11.1 Å². The van der Waals surface area contributed by atoms with Crippen LogP contribution in [0.1, 0.15) is 16.8 Å². The van der Waals surface area contributed by atoms with E-state index in [0.29, 0.717) is 36.3 Å². The van der Waals surface area contributed by atoms with E-state index in [9.17, 15) is 4.79 Å². The number of nitrogens with two attached hydrogens (primary N) is 1. The number of hydrogen-bond acceptors (Lipinski definition) is 5. The molecule has 0 aliphatic carbocycles. The molecule has 0 spiro atoms. The Kier molecular flexibility index (Phi) is 3.11. The van der Waals surface area contributed by atoms with Crippen LogP contribution in [-0.4, -0.2) is 38.7 Å². The first kappa shape index (κ1) is 14.4. The third-order valence-corrected chi connectivity index (χ3v) is 4.53. The van der Waals surface area contributed by atoms with Gasteiger partial charge in [-0.2, -0.15) is 10.4 Å². The first-order valence-electron chi connectivity index (χ1n) is 7.54. The maximum absolute atomic E-state index is 11.8. The lowest BCUT2D eigenvalue weighted by Crippen LogP contribution is -2.60. The maximum Gasteiger partial charge on any atom is 0.250 e. The summed E-state index contributed by atoms with van der Waals surface area (Å²) in [6.45, 7) is 1.39. The molecule has 0 saturated carbocycles. The van der Waals surface area contributed by atoms with Crippen LogP contribution in [0.4, 0.5) is 0 Å². The van der Waals surface area contributed by atoms with E-state index in [0.717, 1.165) is 10.9 Å². The van der Waals surface area contributed by atoms with Gasteiger partial charge in [0.15, 0.2) is 0 Å². The molecule has 0 aromatic carbocycles. The first-order chi connectivity index (χ1) is 11.6. The first-order valence-corrected chi connectivity index (χ1v) is 7.54. The molecule has 0 radical (unpaired) electrons. The summed E-state index contributed by atoms with van der Waals surface area (Å²) in [5, 5.41) is 17.5. The van der Waals surface area contributed by atoms with E-state index >= 15 is 0 Å². The van der Waals surface area contributed by atoms with Crippen molar-refractivity contribution in [3.63, 3.8) is 0 Å². The lowest BCUT2D eigenvalue weighted by molar-refractivity contribution is 0.100. The van der Waals surface area contributed by atoms with Crippen LogP contribution in [0.15, 0.2) is 30.9 Å². The SMILES string of the molecule is N#CCC1(n2cc(-c3c(C(N)=O)cnc4[nH]ccc34)cn2)CNC1. The quantitative estimate of drug-likeness (QED) is 0.653. The van der Waals surface area contributed by atoms with Gasteiger partial charge in [0.2, 0.25) is 0 Å². The molecule has 1 fully saturated rings. The fourth-order valence-electron chi connectivity index (χ4n) is 3.15. The molecule has 0 atom stereocenters. The summed E-state index contributed by atoms with van der Waals surface area (Å²) in [5.74, 6) is -0.537. The zero-order chi connectivity index (χ0) is 16.7. The molecular formula is C16H15N7O. The standard InChI is InChI=1S/C16H15N7O/c17-3-2-16(8-19-9-16)23-7-10(5-22-23)13-11-1-4-20-15(11)21-6-12(13)14(18)24/h1,4-7,19H,2,8-9H2,(H2,18,24)(H,20,21). The maximum atomic E-state index is 11.8. The molecule has 1 saturated heterocycles. The second-order valence-corrected chi connectivity index (χ2v) is 5.99. The Hall–Kier alpha value is -3.18. The van der Waals surface area contributed by atoms with Crippen molar-refractivity contribution in [2.75, 3.05) is 13.1 Å². The molecule has 3 aromatic rings. The topological polar surface area (TPSA) is 125 Å². The molecular weight excluding hydrogens is 306 g/mol. The Bertz CT molecular complexity index is 974. The Morgan fingerprint density at radius 1 is 1.46 bits per heavy atom. The minimum Gasteiger partial charge on any atom is -0.366 e. The summed E-state index contributed by atoms with van der Waals surface area (Å²) in [5.41, 5.74) is 7.71. The number of aromatic nitrogens is 4. The van der Waals surface area contributed by atoms with Gasteiger partial charge < -0.3 is 16.0 Å². The molecule has 8 nitrogen and oxygen atoms in total. The van der Waals surface area contributed by atoms with E-state index in [-0.39, 0.29) is 5.54 Å². The summed E-state index contributed by atoms with van der Waals surface area (Å²) in [6.07, 6.45) is 7.19. The summed E-state index contributed by atoms with van der Waals surface area (Å²) < 4.78 is 1.81. The summed E-state index contributed by atoms with van der Waals surface area (Å²) in [4.78, 5) is 19.1. The fourth-order valence-corrected chi connectivity index (χ4v) is 3.15. The number of aromatic amines is 1. The van der Waals surface area contributed by atoms with E-state index in [4.69, 9.17) is 11.0 Å². The predicted octanol–water partition coefficient (Wildman–Crippen LogP) is 0.737. The van der Waals surface area contributed by atoms with Crippen LogP contribution >= 0.6 is 0 Å². The van der Waals surface area contributed by atoms with Crippen molar-refractivity contribution < 1.29 is 4.79 Å². The molecule has 4 N–H and O–H groups in total. The highest BCUT2D eigenvalue weighted by molar-refractivity contribution is 6.07. The smallest absolute Gasteiger partial charge is 0.250 e. The minimum absolute atomic E-state index is 0.329. The van der Waals surface area contributed by atoms with Gasteiger partial charge in [-0.15, -0.1) is 0 Å². The van der Waals surface area contributed by atoms with Gasteiger partial charge in [0.25, 0.3) is 5.91 Å². The van der Waals surface area contributed by atoms with Gasteiger partial charge in [0, 0.05) is 48.2 Å². The van der Waals surface area contributed by atoms with Gasteiger partial charge in [-0.3, -0.25) is 9.48 Å². The molecule has 24 heavy (non-hydrogen) atoms. The molecule has 4 rings (SSSR count). The van der Waals surface area contributed by atoms with E-state index in [1.807, 2.05) is 16.9 Å². The number of H-pyrrole nitrogens is 1. The molecule has 4 heterocycles. The van der Waals surface area contributed by atoms with Crippen LogP contribution in [-0.2, 0) is 5.54 Å². The van der Waals surface area contributed by atoms with Crippen LogP contribution in [0.25, 0.3) is 22.2 Å². The summed E-state index contributed by atoms with van der Waals surface area (Å²) in [6, 6.07) is 4.08. The van der Waals surface area contributed by atoms with Crippen molar-refractivity contribution in [3.8, 4) is 17.2 Å².